The Kier molecular flexibility index (Phi) is 5.89. The van der Waals surface area contributed by atoms with Gasteiger partial charge in [-0.15, -0.1) is 0 Å². The van der Waals surface area contributed by atoms with Gasteiger partial charge in [-0.2, -0.15) is 11.8 Å². The Morgan fingerprint density at radius 3 is 3.00 bits per heavy atom. The molecular weight excluding hydrogens is 300 g/mol. The highest BCUT2D eigenvalue weighted by atomic mass is 32.2. The van der Waals surface area contributed by atoms with Crippen LogP contribution in [0.5, 0.6) is 0 Å². The van der Waals surface area contributed by atoms with Gasteiger partial charge in [0.25, 0.3) is 0 Å². The lowest BCUT2D eigenvalue weighted by molar-refractivity contribution is -0.119. The average Bonchev–Trinajstić information content (AvgIpc) is 3.07. The molecule has 1 aromatic rings. The molecule has 0 spiro atoms. The summed E-state index contributed by atoms with van der Waals surface area (Å²) in [6.45, 7) is 0.955. The lowest BCUT2D eigenvalue weighted by Gasteiger charge is -2.01. The summed E-state index contributed by atoms with van der Waals surface area (Å²) < 4.78 is 2.09. The van der Waals surface area contributed by atoms with Gasteiger partial charge in [0.2, 0.25) is 5.91 Å². The molecule has 0 aromatic carbocycles. The number of rotatable bonds is 7. The molecule has 0 saturated heterocycles. The number of Topliss-reactive ketones (excluding diaryl/α,β-unsaturated/α-hetero) is 1. The van der Waals surface area contributed by atoms with Gasteiger partial charge in [0.05, 0.1) is 0 Å². The number of amides is 1. The molecule has 0 atom stereocenters. The first-order valence-corrected chi connectivity index (χ1v) is 8.58. The number of aliphatic hydroxyl groups excluding tert-OH is 1. The van der Waals surface area contributed by atoms with E-state index in [4.69, 9.17) is 0 Å². The third kappa shape index (κ3) is 4.53. The van der Waals surface area contributed by atoms with Crippen LogP contribution in [0.4, 0.5) is 0 Å². The molecular formula is C16H20N2O3S. The predicted octanol–water partition coefficient (Wildman–Crippen LogP) is 2.50. The summed E-state index contributed by atoms with van der Waals surface area (Å²) in [6, 6.07) is 1.93. The van der Waals surface area contributed by atoms with E-state index < -0.39 is 5.91 Å². The summed E-state index contributed by atoms with van der Waals surface area (Å²) >= 11 is 1.82. The van der Waals surface area contributed by atoms with Crippen LogP contribution >= 0.6 is 11.8 Å². The molecule has 1 heterocycles. The van der Waals surface area contributed by atoms with Gasteiger partial charge in [0.1, 0.15) is 11.5 Å². The summed E-state index contributed by atoms with van der Waals surface area (Å²) in [5, 5.41) is 12.0. The van der Waals surface area contributed by atoms with Crippen LogP contribution in [0.15, 0.2) is 36.0 Å². The van der Waals surface area contributed by atoms with Gasteiger partial charge in [-0.3, -0.25) is 9.59 Å². The van der Waals surface area contributed by atoms with Crippen molar-refractivity contribution in [3.05, 3.63) is 41.6 Å². The standard InChI is InChI=1S/C16H20N2O3S/c1-22-10-2-8-18-9-7-12(11-18)3-6-15(21)17-16-13(19)4-5-14(16)20/h3,6-7,9,11,19H,2,4-5,8,10H2,1H3,(H,17,21). The van der Waals surface area contributed by atoms with E-state index in [1.165, 1.54) is 6.08 Å². The van der Waals surface area contributed by atoms with E-state index >= 15 is 0 Å². The van der Waals surface area contributed by atoms with Gasteiger partial charge < -0.3 is 15.0 Å². The Morgan fingerprint density at radius 2 is 2.32 bits per heavy atom. The monoisotopic (exact) mass is 320 g/mol. The fraction of sp³-hybridized carbons (Fsp3) is 0.375. The quantitative estimate of drug-likeness (QED) is 0.598. The Morgan fingerprint density at radius 1 is 1.50 bits per heavy atom. The number of nitrogens with zero attached hydrogens (tertiary/aromatic N) is 1. The number of aryl methyl sites for hydroxylation is 1. The van der Waals surface area contributed by atoms with Crippen LogP contribution < -0.4 is 5.32 Å². The molecule has 1 aliphatic carbocycles. The number of hydrogen-bond donors (Lipinski definition) is 2. The molecule has 2 rings (SSSR count). The zero-order valence-corrected chi connectivity index (χ0v) is 13.4. The maximum atomic E-state index is 11.8. The van der Waals surface area contributed by atoms with E-state index in [0.717, 1.165) is 24.3 Å². The Hall–Kier alpha value is -1.95. The number of carbonyl (C=O) groups is 2. The highest BCUT2D eigenvalue weighted by molar-refractivity contribution is 7.98. The van der Waals surface area contributed by atoms with E-state index in [2.05, 4.69) is 16.1 Å². The molecule has 118 valence electrons. The van der Waals surface area contributed by atoms with Gasteiger partial charge in [0, 0.05) is 37.9 Å². The summed E-state index contributed by atoms with van der Waals surface area (Å²) in [5.74, 6) is 0.455. The van der Waals surface area contributed by atoms with Crippen LogP contribution in [0.25, 0.3) is 6.08 Å². The van der Waals surface area contributed by atoms with Gasteiger partial charge in [-0.25, -0.2) is 0 Å². The van der Waals surface area contributed by atoms with Crippen molar-refractivity contribution in [3.63, 3.8) is 0 Å². The second kappa shape index (κ2) is 7.89. The average molecular weight is 320 g/mol. The van der Waals surface area contributed by atoms with Crippen LogP contribution in [-0.2, 0) is 16.1 Å². The van der Waals surface area contributed by atoms with Crippen molar-refractivity contribution in [2.75, 3.05) is 12.0 Å². The minimum atomic E-state index is -0.410. The maximum Gasteiger partial charge on any atom is 0.248 e. The van der Waals surface area contributed by atoms with Crippen LogP contribution in [0.2, 0.25) is 0 Å². The molecule has 0 fully saturated rings. The van der Waals surface area contributed by atoms with E-state index in [9.17, 15) is 14.7 Å². The van der Waals surface area contributed by atoms with E-state index in [-0.39, 0.29) is 23.7 Å². The summed E-state index contributed by atoms with van der Waals surface area (Å²) in [5.41, 5.74) is 0.958. The van der Waals surface area contributed by atoms with Crippen molar-refractivity contribution in [1.29, 1.82) is 0 Å². The number of thioether (sulfide) groups is 1. The highest BCUT2D eigenvalue weighted by Gasteiger charge is 2.23. The number of hydrogen-bond acceptors (Lipinski definition) is 4. The second-order valence-corrected chi connectivity index (χ2v) is 6.08. The molecule has 2 N–H and O–H groups in total. The zero-order valence-electron chi connectivity index (χ0n) is 12.5. The number of ketones is 1. The normalized spacial score (nSPS) is 15.0. The smallest absolute Gasteiger partial charge is 0.248 e. The Balaban J connectivity index is 1.87. The molecule has 0 aliphatic heterocycles. The first-order valence-electron chi connectivity index (χ1n) is 7.19. The number of nitrogens with one attached hydrogen (secondary N) is 1. The number of aliphatic hydroxyl groups is 1. The van der Waals surface area contributed by atoms with Gasteiger partial charge in [-0.1, -0.05) is 0 Å². The van der Waals surface area contributed by atoms with Gasteiger partial charge in [-0.05, 0) is 36.1 Å². The largest absolute Gasteiger partial charge is 0.510 e. The fourth-order valence-electron chi connectivity index (χ4n) is 2.21. The van der Waals surface area contributed by atoms with Crippen LogP contribution in [-0.4, -0.2) is 33.4 Å². The van der Waals surface area contributed by atoms with E-state index in [1.807, 2.05) is 30.2 Å². The van der Waals surface area contributed by atoms with Crippen molar-refractivity contribution in [1.82, 2.24) is 9.88 Å². The molecule has 1 aliphatic rings. The van der Waals surface area contributed by atoms with E-state index in [1.54, 1.807) is 6.08 Å². The zero-order chi connectivity index (χ0) is 15.9. The number of aromatic nitrogens is 1. The number of allylic oxidation sites excluding steroid dienone is 2. The molecule has 0 radical (unpaired) electrons. The maximum absolute atomic E-state index is 11.8. The summed E-state index contributed by atoms with van der Waals surface area (Å²) in [7, 11) is 0. The van der Waals surface area contributed by atoms with E-state index in [0.29, 0.717) is 6.42 Å². The molecule has 0 unspecified atom stereocenters. The van der Waals surface area contributed by atoms with Crippen molar-refractivity contribution in [2.45, 2.75) is 25.8 Å². The summed E-state index contributed by atoms with van der Waals surface area (Å²) in [4.78, 5) is 23.2. The minimum Gasteiger partial charge on any atom is -0.510 e. The molecule has 22 heavy (non-hydrogen) atoms. The molecule has 6 heteroatoms. The highest BCUT2D eigenvalue weighted by Crippen LogP contribution is 2.18. The first kappa shape index (κ1) is 16.4. The lowest BCUT2D eigenvalue weighted by Crippen LogP contribution is -2.24. The molecule has 0 saturated carbocycles. The Labute approximate surface area is 134 Å². The van der Waals surface area contributed by atoms with Gasteiger partial charge >= 0.3 is 0 Å². The third-order valence-electron chi connectivity index (χ3n) is 3.37. The topological polar surface area (TPSA) is 71.3 Å². The SMILES string of the molecule is CSCCCn1ccc(C=CC(=O)NC2=C(O)CCC2=O)c1. The molecule has 0 bridgehead atoms. The molecule has 1 aromatic heterocycles. The van der Waals surface area contributed by atoms with Crippen molar-refractivity contribution < 1.29 is 14.7 Å². The van der Waals surface area contributed by atoms with Crippen LogP contribution in [0, 0.1) is 0 Å². The fourth-order valence-corrected chi connectivity index (χ4v) is 2.63. The van der Waals surface area contributed by atoms with Crippen molar-refractivity contribution in [2.24, 2.45) is 0 Å². The number of carbonyl (C=O) groups excluding carboxylic acids is 2. The molecule has 1 amide bonds. The summed E-state index contributed by atoms with van der Waals surface area (Å²) in [6.07, 6.45) is 10.8. The minimum absolute atomic E-state index is 0.0317. The van der Waals surface area contributed by atoms with Crippen LogP contribution in [0.1, 0.15) is 24.8 Å². The Bertz CT molecular complexity index is 617. The third-order valence-corrected chi connectivity index (χ3v) is 4.07. The lowest BCUT2D eigenvalue weighted by atomic mass is 10.3. The van der Waals surface area contributed by atoms with Crippen molar-refractivity contribution >= 4 is 29.5 Å². The predicted molar refractivity (Wildman–Crippen MR) is 88.5 cm³/mol. The van der Waals surface area contributed by atoms with Crippen LogP contribution in [0.3, 0.4) is 0 Å². The first-order chi connectivity index (χ1) is 10.6. The second-order valence-electron chi connectivity index (χ2n) is 5.10. The van der Waals surface area contributed by atoms with Gasteiger partial charge in [0.15, 0.2) is 5.78 Å². The van der Waals surface area contributed by atoms with Crippen molar-refractivity contribution in [3.8, 4) is 0 Å². The molecule has 5 nitrogen and oxygen atoms in total.